The molecule has 1 aliphatic carbocycles. The lowest BCUT2D eigenvalue weighted by atomic mass is 9.90. The number of rotatable bonds is 7. The summed E-state index contributed by atoms with van der Waals surface area (Å²) in [6.45, 7) is 3.76. The Balaban J connectivity index is 1.45. The van der Waals surface area contributed by atoms with Crippen LogP contribution in [0.15, 0.2) is 79.0 Å². The van der Waals surface area contributed by atoms with Gasteiger partial charge in [0.2, 0.25) is 0 Å². The molecule has 1 unspecified atom stereocenters. The van der Waals surface area contributed by atoms with Crippen LogP contribution in [0.3, 0.4) is 0 Å². The number of aliphatic carboxylic acids is 1. The van der Waals surface area contributed by atoms with Crippen molar-refractivity contribution in [2.24, 2.45) is 0 Å². The first-order valence-electron chi connectivity index (χ1n) is 12.0. The van der Waals surface area contributed by atoms with E-state index in [0.29, 0.717) is 18.5 Å². The van der Waals surface area contributed by atoms with E-state index in [1.165, 1.54) is 6.20 Å². The van der Waals surface area contributed by atoms with Gasteiger partial charge in [-0.15, -0.1) is 0 Å². The third kappa shape index (κ3) is 4.70. The van der Waals surface area contributed by atoms with Crippen LogP contribution in [-0.4, -0.2) is 26.9 Å². The van der Waals surface area contributed by atoms with Crippen LogP contribution in [-0.2, 0) is 14.9 Å². The van der Waals surface area contributed by atoms with Crippen molar-refractivity contribution in [2.45, 2.75) is 38.2 Å². The van der Waals surface area contributed by atoms with Crippen molar-refractivity contribution >= 4 is 29.5 Å². The number of amides is 1. The van der Waals surface area contributed by atoms with Crippen LogP contribution in [0.25, 0.3) is 16.8 Å². The summed E-state index contributed by atoms with van der Waals surface area (Å²) in [6.07, 6.45) is 1.66. The van der Waals surface area contributed by atoms with Gasteiger partial charge in [0, 0.05) is 5.56 Å². The van der Waals surface area contributed by atoms with Gasteiger partial charge in [0.1, 0.15) is 11.1 Å². The highest BCUT2D eigenvalue weighted by Gasteiger charge is 2.51. The van der Waals surface area contributed by atoms with Gasteiger partial charge in [-0.25, -0.2) is 9.48 Å². The fraction of sp³-hybridized carbons (Fsp3) is 0.207. The van der Waals surface area contributed by atoms with Crippen molar-refractivity contribution in [2.75, 3.05) is 5.32 Å². The van der Waals surface area contributed by atoms with E-state index in [1.807, 2.05) is 79.7 Å². The average molecular weight is 516 g/mol. The average Bonchev–Trinajstić information content (AvgIpc) is 3.64. The second-order valence-corrected chi connectivity index (χ2v) is 9.68. The van der Waals surface area contributed by atoms with Crippen molar-refractivity contribution in [3.05, 3.63) is 101 Å². The standard InChI is InChI=1S/C29H26ClN3O4/c1-18-16-21(29(14-15-29)27(34)35)12-13-22(18)23-10-6-7-11-25(23)33-26(24(30)17-31-33)32-28(36)37-19(2)20-8-4-3-5-9-20/h3-13,16-17,19H,14-15H2,1-2H3,(H,32,36)(H,34,35). The molecule has 1 saturated carbocycles. The maximum Gasteiger partial charge on any atom is 0.413 e. The molecule has 1 fully saturated rings. The smallest absolute Gasteiger partial charge is 0.413 e. The zero-order chi connectivity index (χ0) is 26.2. The third-order valence-electron chi connectivity index (χ3n) is 6.86. The molecule has 2 N–H and O–H groups in total. The van der Waals surface area contributed by atoms with E-state index in [4.69, 9.17) is 16.3 Å². The topological polar surface area (TPSA) is 93.5 Å². The molecule has 3 aromatic carbocycles. The lowest BCUT2D eigenvalue weighted by Gasteiger charge is -2.18. The SMILES string of the molecule is Cc1cc(C2(C(=O)O)CC2)ccc1-c1ccccc1-n1ncc(Cl)c1NC(=O)OC(C)c1ccccc1. The summed E-state index contributed by atoms with van der Waals surface area (Å²) in [4.78, 5) is 24.5. The summed E-state index contributed by atoms with van der Waals surface area (Å²) < 4.78 is 7.13. The van der Waals surface area contributed by atoms with Crippen molar-refractivity contribution in [3.8, 4) is 16.8 Å². The molecule has 1 aliphatic rings. The fourth-order valence-electron chi connectivity index (χ4n) is 4.60. The Hall–Kier alpha value is -4.10. The molecule has 0 saturated heterocycles. The molecule has 1 aromatic heterocycles. The summed E-state index contributed by atoms with van der Waals surface area (Å²) in [5, 5.41) is 17.1. The summed E-state index contributed by atoms with van der Waals surface area (Å²) >= 11 is 6.42. The number of aryl methyl sites for hydroxylation is 1. The predicted molar refractivity (Wildman–Crippen MR) is 142 cm³/mol. The molecule has 0 spiro atoms. The maximum atomic E-state index is 12.8. The number of halogens is 1. The van der Waals surface area contributed by atoms with Crippen molar-refractivity contribution in [1.29, 1.82) is 0 Å². The Labute approximate surface area is 219 Å². The van der Waals surface area contributed by atoms with Crippen LogP contribution in [0.1, 0.15) is 42.6 Å². The molecule has 4 aromatic rings. The highest BCUT2D eigenvalue weighted by molar-refractivity contribution is 6.33. The van der Waals surface area contributed by atoms with Crippen LogP contribution < -0.4 is 5.32 Å². The Morgan fingerprint density at radius 2 is 1.76 bits per heavy atom. The number of para-hydroxylation sites is 1. The molecule has 0 radical (unpaired) electrons. The number of carboxylic acid groups (broad SMARTS) is 1. The van der Waals surface area contributed by atoms with Gasteiger partial charge in [0.15, 0.2) is 5.82 Å². The summed E-state index contributed by atoms with van der Waals surface area (Å²) in [6, 6.07) is 22.9. The number of carbonyl (C=O) groups is 2. The van der Waals surface area contributed by atoms with E-state index in [9.17, 15) is 14.7 Å². The van der Waals surface area contributed by atoms with Gasteiger partial charge in [0.25, 0.3) is 0 Å². The van der Waals surface area contributed by atoms with Crippen LogP contribution in [0.2, 0.25) is 5.02 Å². The predicted octanol–water partition coefficient (Wildman–Crippen LogP) is 6.93. The zero-order valence-electron chi connectivity index (χ0n) is 20.4. The molecular formula is C29H26ClN3O4. The van der Waals surface area contributed by atoms with E-state index in [2.05, 4.69) is 10.4 Å². The highest BCUT2D eigenvalue weighted by atomic mass is 35.5. The van der Waals surface area contributed by atoms with Gasteiger partial charge in [-0.05, 0) is 55.0 Å². The Bertz CT molecular complexity index is 1480. The minimum atomic E-state index is -0.782. The van der Waals surface area contributed by atoms with Gasteiger partial charge in [-0.1, -0.05) is 78.3 Å². The normalized spacial score (nSPS) is 14.6. The number of hydrogen-bond donors (Lipinski definition) is 2. The second-order valence-electron chi connectivity index (χ2n) is 9.27. The fourth-order valence-corrected chi connectivity index (χ4v) is 4.77. The number of carbonyl (C=O) groups excluding carboxylic acids is 1. The quantitative estimate of drug-likeness (QED) is 0.278. The largest absolute Gasteiger partial charge is 0.481 e. The van der Waals surface area contributed by atoms with E-state index < -0.39 is 23.6 Å². The number of benzene rings is 3. The van der Waals surface area contributed by atoms with Gasteiger partial charge < -0.3 is 9.84 Å². The molecule has 5 rings (SSSR count). The van der Waals surface area contributed by atoms with E-state index in [1.54, 1.807) is 11.6 Å². The number of nitrogens with zero attached hydrogens (tertiary/aromatic N) is 2. The number of carboxylic acids is 1. The first-order valence-corrected chi connectivity index (χ1v) is 12.4. The molecule has 188 valence electrons. The molecule has 37 heavy (non-hydrogen) atoms. The molecule has 1 atom stereocenters. The number of anilines is 1. The number of aromatic nitrogens is 2. The van der Waals surface area contributed by atoms with E-state index in [-0.39, 0.29) is 10.8 Å². The number of nitrogens with one attached hydrogen (secondary N) is 1. The zero-order valence-corrected chi connectivity index (χ0v) is 21.2. The van der Waals surface area contributed by atoms with Crippen molar-refractivity contribution in [1.82, 2.24) is 9.78 Å². The Morgan fingerprint density at radius 1 is 1.05 bits per heavy atom. The second kappa shape index (κ2) is 9.75. The Kier molecular flexibility index (Phi) is 6.48. The summed E-state index contributed by atoms with van der Waals surface area (Å²) in [5.41, 5.74) is 4.36. The summed E-state index contributed by atoms with van der Waals surface area (Å²) in [7, 11) is 0. The molecular weight excluding hydrogens is 490 g/mol. The minimum Gasteiger partial charge on any atom is -0.481 e. The van der Waals surface area contributed by atoms with Gasteiger partial charge in [-0.3, -0.25) is 10.1 Å². The summed E-state index contributed by atoms with van der Waals surface area (Å²) in [5.74, 6) is -0.494. The van der Waals surface area contributed by atoms with E-state index >= 15 is 0 Å². The van der Waals surface area contributed by atoms with Crippen LogP contribution in [0, 0.1) is 6.92 Å². The molecule has 0 bridgehead atoms. The number of hydrogen-bond acceptors (Lipinski definition) is 4. The van der Waals surface area contributed by atoms with Gasteiger partial charge in [-0.2, -0.15) is 5.10 Å². The van der Waals surface area contributed by atoms with Crippen LogP contribution in [0.4, 0.5) is 10.6 Å². The monoisotopic (exact) mass is 515 g/mol. The van der Waals surface area contributed by atoms with Gasteiger partial charge in [0.05, 0.1) is 17.3 Å². The molecule has 7 nitrogen and oxygen atoms in total. The minimum absolute atomic E-state index is 0.267. The van der Waals surface area contributed by atoms with Crippen LogP contribution in [0.5, 0.6) is 0 Å². The highest BCUT2D eigenvalue weighted by Crippen LogP contribution is 2.49. The van der Waals surface area contributed by atoms with Crippen molar-refractivity contribution < 1.29 is 19.4 Å². The molecule has 8 heteroatoms. The number of ether oxygens (including phenoxy) is 1. The molecule has 0 aliphatic heterocycles. The molecule has 1 amide bonds. The van der Waals surface area contributed by atoms with Gasteiger partial charge >= 0.3 is 12.1 Å². The molecule has 1 heterocycles. The van der Waals surface area contributed by atoms with Crippen molar-refractivity contribution in [3.63, 3.8) is 0 Å². The van der Waals surface area contributed by atoms with Crippen LogP contribution >= 0.6 is 11.6 Å². The lowest BCUT2D eigenvalue weighted by Crippen LogP contribution is -2.19. The maximum absolute atomic E-state index is 12.8. The third-order valence-corrected chi connectivity index (χ3v) is 7.14. The lowest BCUT2D eigenvalue weighted by molar-refractivity contribution is -0.140. The first-order chi connectivity index (χ1) is 17.8. The first kappa shape index (κ1) is 24.6. The Morgan fingerprint density at radius 3 is 2.43 bits per heavy atom. The van der Waals surface area contributed by atoms with E-state index in [0.717, 1.165) is 27.8 Å².